The molecule has 2 heterocycles. The van der Waals surface area contributed by atoms with E-state index in [0.717, 1.165) is 0 Å². The third-order valence-corrected chi connectivity index (χ3v) is 5.08. The fourth-order valence-electron chi connectivity index (χ4n) is 2.14. The average Bonchev–Trinajstić information content (AvgIpc) is 2.79. The summed E-state index contributed by atoms with van der Waals surface area (Å²) in [7, 11) is 0.568. The van der Waals surface area contributed by atoms with Gasteiger partial charge in [-0.1, -0.05) is 0 Å². The summed E-state index contributed by atoms with van der Waals surface area (Å²) in [4.78, 5) is 10.4. The number of ether oxygens (including phenoxy) is 1. The molecule has 0 radical (unpaired) electrons. The number of sulfone groups is 1. The van der Waals surface area contributed by atoms with Crippen molar-refractivity contribution in [2.75, 3.05) is 49.0 Å². The largest absolute Gasteiger partial charge is 0.383 e. The molecule has 1 N–H and O–H groups in total. The van der Waals surface area contributed by atoms with Gasteiger partial charge in [0.15, 0.2) is 9.84 Å². The summed E-state index contributed by atoms with van der Waals surface area (Å²) in [6, 6.07) is 1.73. The van der Waals surface area contributed by atoms with Gasteiger partial charge in [0.05, 0.1) is 18.1 Å². The van der Waals surface area contributed by atoms with E-state index in [1.165, 1.54) is 0 Å². The molecule has 0 spiro atoms. The molecule has 1 unspecified atom stereocenters. The van der Waals surface area contributed by atoms with Gasteiger partial charge in [0.2, 0.25) is 5.95 Å². The van der Waals surface area contributed by atoms with Crippen molar-refractivity contribution in [2.45, 2.75) is 12.5 Å². The second-order valence-corrected chi connectivity index (χ2v) is 7.06. The van der Waals surface area contributed by atoms with E-state index in [9.17, 15) is 8.42 Å². The van der Waals surface area contributed by atoms with Crippen LogP contribution < -0.4 is 10.2 Å². The Morgan fingerprint density at radius 3 is 3.00 bits per heavy atom. The van der Waals surface area contributed by atoms with Crippen molar-refractivity contribution in [2.24, 2.45) is 0 Å². The molecule has 1 atom stereocenters. The first kappa shape index (κ1) is 15.0. The van der Waals surface area contributed by atoms with E-state index in [2.05, 4.69) is 15.3 Å². The highest BCUT2D eigenvalue weighted by atomic mass is 32.2. The van der Waals surface area contributed by atoms with Crippen molar-refractivity contribution in [1.82, 2.24) is 9.97 Å². The van der Waals surface area contributed by atoms with Crippen LogP contribution in [0.4, 0.5) is 11.8 Å². The Labute approximate surface area is 119 Å². The summed E-state index contributed by atoms with van der Waals surface area (Å²) in [5.74, 6) is 1.66. The summed E-state index contributed by atoms with van der Waals surface area (Å²) in [6.07, 6.45) is 2.29. The lowest BCUT2D eigenvalue weighted by Crippen LogP contribution is -2.34. The highest BCUT2D eigenvalue weighted by Gasteiger charge is 2.31. The van der Waals surface area contributed by atoms with Crippen molar-refractivity contribution in [3.05, 3.63) is 12.3 Å². The number of rotatable bonds is 6. The van der Waals surface area contributed by atoms with Crippen LogP contribution in [0.25, 0.3) is 0 Å². The van der Waals surface area contributed by atoms with E-state index in [-0.39, 0.29) is 17.5 Å². The third-order valence-electron chi connectivity index (χ3n) is 3.33. The van der Waals surface area contributed by atoms with Crippen LogP contribution in [0.5, 0.6) is 0 Å². The molecule has 1 aliphatic rings. The molecule has 2 rings (SSSR count). The Balaban J connectivity index is 2.03. The average molecular weight is 300 g/mol. The first-order valence-corrected chi connectivity index (χ1v) is 8.33. The standard InChI is InChI=1S/C12H20N4O3S/c1-16(10-4-8-20(17,18)9-10)12-14-5-3-11(15-12)13-6-7-19-2/h3,5,10H,4,6-9H2,1-2H3,(H,13,14,15). The zero-order chi connectivity index (χ0) is 14.6. The van der Waals surface area contributed by atoms with Crippen molar-refractivity contribution >= 4 is 21.6 Å². The number of methoxy groups -OCH3 is 1. The summed E-state index contributed by atoms with van der Waals surface area (Å²) < 4.78 is 28.0. The maximum Gasteiger partial charge on any atom is 0.227 e. The minimum Gasteiger partial charge on any atom is -0.383 e. The first-order valence-electron chi connectivity index (χ1n) is 6.51. The number of nitrogens with one attached hydrogen (secondary N) is 1. The molecule has 8 heteroatoms. The summed E-state index contributed by atoms with van der Waals surface area (Å²) in [6.45, 7) is 1.25. The van der Waals surface area contributed by atoms with E-state index in [0.29, 0.717) is 31.3 Å². The Morgan fingerprint density at radius 1 is 1.55 bits per heavy atom. The van der Waals surface area contributed by atoms with Crippen LogP contribution in [0.3, 0.4) is 0 Å². The normalized spacial score (nSPS) is 20.8. The maximum atomic E-state index is 11.5. The highest BCUT2D eigenvalue weighted by Crippen LogP contribution is 2.20. The molecule has 1 aromatic rings. The molecule has 0 aliphatic carbocycles. The van der Waals surface area contributed by atoms with E-state index in [1.807, 2.05) is 11.9 Å². The molecule has 0 bridgehead atoms. The monoisotopic (exact) mass is 300 g/mol. The number of anilines is 2. The molecular weight excluding hydrogens is 280 g/mol. The van der Waals surface area contributed by atoms with Gasteiger partial charge < -0.3 is 15.0 Å². The van der Waals surface area contributed by atoms with Crippen LogP contribution in [0.1, 0.15) is 6.42 Å². The fourth-order valence-corrected chi connectivity index (χ4v) is 3.92. The van der Waals surface area contributed by atoms with Crippen molar-refractivity contribution in [3.63, 3.8) is 0 Å². The van der Waals surface area contributed by atoms with Crippen LogP contribution in [0.2, 0.25) is 0 Å². The molecule has 0 amide bonds. The Bertz CT molecular complexity index is 549. The number of hydrogen-bond acceptors (Lipinski definition) is 7. The summed E-state index contributed by atoms with van der Waals surface area (Å²) in [5.41, 5.74) is 0. The van der Waals surface area contributed by atoms with Gasteiger partial charge in [-0.3, -0.25) is 0 Å². The molecular formula is C12H20N4O3S. The van der Waals surface area contributed by atoms with Gasteiger partial charge in [-0.2, -0.15) is 4.98 Å². The van der Waals surface area contributed by atoms with Crippen LogP contribution in [-0.4, -0.2) is 63.2 Å². The van der Waals surface area contributed by atoms with Crippen LogP contribution in [0.15, 0.2) is 12.3 Å². The lowest BCUT2D eigenvalue weighted by molar-refractivity contribution is 0.210. The van der Waals surface area contributed by atoms with Gasteiger partial charge in [0, 0.05) is 32.9 Å². The molecule has 20 heavy (non-hydrogen) atoms. The number of aromatic nitrogens is 2. The third kappa shape index (κ3) is 3.80. The molecule has 1 aliphatic heterocycles. The van der Waals surface area contributed by atoms with Gasteiger partial charge in [-0.15, -0.1) is 0 Å². The minimum atomic E-state index is -2.91. The van der Waals surface area contributed by atoms with Gasteiger partial charge in [-0.05, 0) is 12.5 Å². The zero-order valence-electron chi connectivity index (χ0n) is 11.7. The van der Waals surface area contributed by atoms with E-state index < -0.39 is 9.84 Å². The summed E-state index contributed by atoms with van der Waals surface area (Å²) in [5, 5.41) is 3.13. The van der Waals surface area contributed by atoms with E-state index in [1.54, 1.807) is 19.4 Å². The predicted octanol–water partition coefficient (Wildman–Crippen LogP) is 0.158. The molecule has 1 fully saturated rings. The molecule has 0 saturated carbocycles. The van der Waals surface area contributed by atoms with E-state index >= 15 is 0 Å². The van der Waals surface area contributed by atoms with Gasteiger partial charge in [0.25, 0.3) is 0 Å². The lowest BCUT2D eigenvalue weighted by atomic mass is 10.2. The van der Waals surface area contributed by atoms with Crippen molar-refractivity contribution in [3.8, 4) is 0 Å². The van der Waals surface area contributed by atoms with Crippen LogP contribution in [0, 0.1) is 0 Å². The minimum absolute atomic E-state index is 0.0470. The second-order valence-electron chi connectivity index (χ2n) is 4.83. The van der Waals surface area contributed by atoms with Crippen LogP contribution in [-0.2, 0) is 14.6 Å². The van der Waals surface area contributed by atoms with E-state index in [4.69, 9.17) is 4.74 Å². The highest BCUT2D eigenvalue weighted by molar-refractivity contribution is 7.91. The topological polar surface area (TPSA) is 84.4 Å². The lowest BCUT2D eigenvalue weighted by Gasteiger charge is -2.23. The number of nitrogens with zero attached hydrogens (tertiary/aromatic N) is 3. The first-order chi connectivity index (χ1) is 9.52. The van der Waals surface area contributed by atoms with Crippen molar-refractivity contribution < 1.29 is 13.2 Å². The zero-order valence-corrected chi connectivity index (χ0v) is 12.6. The quantitative estimate of drug-likeness (QED) is 0.749. The van der Waals surface area contributed by atoms with Gasteiger partial charge >= 0.3 is 0 Å². The molecule has 1 aromatic heterocycles. The Morgan fingerprint density at radius 2 is 2.35 bits per heavy atom. The molecule has 7 nitrogen and oxygen atoms in total. The summed E-state index contributed by atoms with van der Waals surface area (Å²) >= 11 is 0. The predicted molar refractivity (Wildman–Crippen MR) is 77.9 cm³/mol. The van der Waals surface area contributed by atoms with Gasteiger partial charge in [0.1, 0.15) is 5.82 Å². The Hall–Kier alpha value is -1.41. The smallest absolute Gasteiger partial charge is 0.227 e. The van der Waals surface area contributed by atoms with Crippen LogP contribution >= 0.6 is 0 Å². The molecule has 0 aromatic carbocycles. The second kappa shape index (κ2) is 6.36. The fraction of sp³-hybridized carbons (Fsp3) is 0.667. The molecule has 1 saturated heterocycles. The van der Waals surface area contributed by atoms with Crippen molar-refractivity contribution in [1.29, 1.82) is 0 Å². The Kier molecular flexibility index (Phi) is 4.77. The SMILES string of the molecule is COCCNc1ccnc(N(C)C2CCS(=O)(=O)C2)n1. The maximum absolute atomic E-state index is 11.5. The molecule has 112 valence electrons. The van der Waals surface area contributed by atoms with Gasteiger partial charge in [-0.25, -0.2) is 13.4 Å². The number of hydrogen-bond donors (Lipinski definition) is 1.